The van der Waals surface area contributed by atoms with Crippen LogP contribution >= 0.6 is 27.5 Å². The first-order valence-corrected chi connectivity index (χ1v) is 5.99. The van der Waals surface area contributed by atoms with E-state index in [0.29, 0.717) is 6.07 Å². The topological polar surface area (TPSA) is 54.5 Å². The number of aromatic nitrogens is 4. The molecule has 11 heteroatoms. The second-order valence-electron chi connectivity index (χ2n) is 3.58. The molecule has 0 aromatic carbocycles. The highest BCUT2D eigenvalue weighted by molar-refractivity contribution is 9.10. The highest BCUT2D eigenvalue weighted by Gasteiger charge is 2.42. The van der Waals surface area contributed by atoms with Crippen molar-refractivity contribution in [3.63, 3.8) is 0 Å². The summed E-state index contributed by atoms with van der Waals surface area (Å²) in [4.78, 5) is 6.45. The van der Waals surface area contributed by atoms with Crippen LogP contribution in [0.4, 0.5) is 22.0 Å². The molecule has 0 radical (unpaired) electrons. The Labute approximate surface area is 121 Å². The first-order valence-electron chi connectivity index (χ1n) is 4.82. The van der Waals surface area contributed by atoms with Gasteiger partial charge in [0.15, 0.2) is 0 Å². The number of aromatic amines is 1. The molecule has 2 rings (SSSR count). The van der Waals surface area contributed by atoms with Gasteiger partial charge in [0, 0.05) is 6.20 Å². The molecule has 4 nitrogen and oxygen atoms in total. The average Bonchev–Trinajstić information content (AvgIpc) is 2.75. The van der Waals surface area contributed by atoms with Gasteiger partial charge in [-0.2, -0.15) is 26.9 Å². The lowest BCUT2D eigenvalue weighted by Crippen LogP contribution is -2.20. The van der Waals surface area contributed by atoms with Gasteiger partial charge < -0.3 is 0 Å². The molecule has 0 saturated heterocycles. The van der Waals surface area contributed by atoms with Crippen LogP contribution in [0.1, 0.15) is 17.1 Å². The van der Waals surface area contributed by atoms with Crippen LogP contribution in [-0.2, 0) is 12.1 Å². The van der Waals surface area contributed by atoms with Crippen LogP contribution in [0.15, 0.2) is 17.0 Å². The van der Waals surface area contributed by atoms with E-state index in [1.54, 1.807) is 0 Å². The SMILES string of the molecule is FC(F)(F)c1cnc(C(F)(F)c2nc(Br)n[nH]2)c(Cl)c1. The van der Waals surface area contributed by atoms with Crippen LogP contribution in [0.3, 0.4) is 0 Å². The molecule has 0 amide bonds. The quantitative estimate of drug-likeness (QED) is 0.811. The molecule has 20 heavy (non-hydrogen) atoms. The first kappa shape index (κ1) is 15.1. The third-order valence-electron chi connectivity index (χ3n) is 2.22. The summed E-state index contributed by atoms with van der Waals surface area (Å²) in [5.74, 6) is -4.70. The predicted molar refractivity (Wildman–Crippen MR) is 61.3 cm³/mol. The van der Waals surface area contributed by atoms with Gasteiger partial charge in [-0.3, -0.25) is 10.1 Å². The molecule has 108 valence electrons. The van der Waals surface area contributed by atoms with Gasteiger partial charge in [0.25, 0.3) is 0 Å². The lowest BCUT2D eigenvalue weighted by Gasteiger charge is -2.15. The Morgan fingerprint density at radius 2 is 1.85 bits per heavy atom. The van der Waals surface area contributed by atoms with Crippen LogP contribution < -0.4 is 0 Å². The number of hydrogen-bond donors (Lipinski definition) is 1. The highest BCUT2D eigenvalue weighted by Crippen LogP contribution is 2.39. The van der Waals surface area contributed by atoms with Crippen LogP contribution in [0.25, 0.3) is 0 Å². The molecule has 2 aromatic heterocycles. The molecule has 2 heterocycles. The minimum Gasteiger partial charge on any atom is -0.257 e. The second kappa shape index (κ2) is 4.92. The molecule has 0 aliphatic heterocycles. The summed E-state index contributed by atoms with van der Waals surface area (Å²) >= 11 is 8.22. The van der Waals surface area contributed by atoms with Gasteiger partial charge >= 0.3 is 12.1 Å². The van der Waals surface area contributed by atoms with Crippen molar-refractivity contribution in [2.24, 2.45) is 0 Å². The summed E-state index contributed by atoms with van der Waals surface area (Å²) in [6.07, 6.45) is -4.44. The van der Waals surface area contributed by atoms with E-state index in [-0.39, 0.29) is 10.9 Å². The van der Waals surface area contributed by atoms with E-state index < -0.39 is 34.2 Å². The third-order valence-corrected chi connectivity index (χ3v) is 2.86. The largest absolute Gasteiger partial charge is 0.417 e. The van der Waals surface area contributed by atoms with Crippen LogP contribution in [0.2, 0.25) is 5.02 Å². The van der Waals surface area contributed by atoms with Crippen molar-refractivity contribution in [2.75, 3.05) is 0 Å². The summed E-state index contributed by atoms with van der Waals surface area (Å²) in [6.45, 7) is 0. The van der Waals surface area contributed by atoms with Gasteiger partial charge in [-0.25, -0.2) is 0 Å². The fourth-order valence-corrected chi connectivity index (χ4v) is 1.87. The standard InChI is InChI=1S/C9H3BrClF5N4/c10-7-18-6(19-20-7)8(12,13)5-4(11)1-3(2-17-5)9(14,15)16/h1-2H,(H,18,19,20). The molecular formula is C9H3BrClF5N4. The van der Waals surface area contributed by atoms with E-state index in [0.717, 1.165) is 0 Å². The van der Waals surface area contributed by atoms with E-state index in [4.69, 9.17) is 11.6 Å². The maximum Gasteiger partial charge on any atom is 0.417 e. The minimum atomic E-state index is -4.72. The van der Waals surface area contributed by atoms with Gasteiger partial charge in [-0.05, 0) is 22.0 Å². The van der Waals surface area contributed by atoms with Crippen LogP contribution in [-0.4, -0.2) is 20.2 Å². The summed E-state index contributed by atoms with van der Waals surface area (Å²) in [6, 6.07) is 0.378. The molecule has 0 bridgehead atoms. The van der Waals surface area contributed by atoms with E-state index in [9.17, 15) is 22.0 Å². The van der Waals surface area contributed by atoms with Gasteiger partial charge in [0.2, 0.25) is 10.6 Å². The summed E-state index contributed by atoms with van der Waals surface area (Å²) in [5, 5.41) is 4.46. The van der Waals surface area contributed by atoms with Crippen molar-refractivity contribution in [1.82, 2.24) is 20.2 Å². The maximum atomic E-state index is 14.0. The monoisotopic (exact) mass is 376 g/mol. The normalized spacial score (nSPS) is 12.8. The zero-order chi connectivity index (χ0) is 15.1. The lowest BCUT2D eigenvalue weighted by molar-refractivity contribution is -0.137. The molecule has 0 fully saturated rings. The number of H-pyrrole nitrogens is 1. The fourth-order valence-electron chi connectivity index (χ4n) is 1.32. The second-order valence-corrected chi connectivity index (χ2v) is 4.70. The summed E-state index contributed by atoms with van der Waals surface area (Å²) in [7, 11) is 0. The Hall–Kier alpha value is -1.29. The first-order chi connectivity index (χ1) is 9.12. The molecule has 0 unspecified atom stereocenters. The molecule has 0 atom stereocenters. The van der Waals surface area contributed by atoms with E-state index >= 15 is 0 Å². The van der Waals surface area contributed by atoms with E-state index in [1.165, 1.54) is 0 Å². The number of hydrogen-bond acceptors (Lipinski definition) is 3. The number of alkyl halides is 5. The summed E-state index contributed by atoms with van der Waals surface area (Å²) in [5.41, 5.74) is -2.27. The zero-order valence-corrected chi connectivity index (χ0v) is 11.5. The van der Waals surface area contributed by atoms with Gasteiger partial charge in [0.05, 0.1) is 10.6 Å². The summed E-state index contributed by atoms with van der Waals surface area (Å²) < 4.78 is 65.1. The molecule has 0 aliphatic rings. The number of nitrogens with zero attached hydrogens (tertiary/aromatic N) is 3. The average molecular weight is 377 g/mol. The van der Waals surface area contributed by atoms with Crippen molar-refractivity contribution in [1.29, 1.82) is 0 Å². The number of rotatable bonds is 2. The molecular weight excluding hydrogens is 374 g/mol. The maximum absolute atomic E-state index is 14.0. The molecule has 0 aliphatic carbocycles. The minimum absolute atomic E-state index is 0.129. The molecule has 2 aromatic rings. The van der Waals surface area contributed by atoms with Crippen LogP contribution in [0, 0.1) is 0 Å². The molecule has 1 N–H and O–H groups in total. The molecule has 0 spiro atoms. The Bertz CT molecular complexity index is 642. The van der Waals surface area contributed by atoms with Crippen molar-refractivity contribution in [2.45, 2.75) is 12.1 Å². The van der Waals surface area contributed by atoms with E-state index in [1.807, 2.05) is 5.10 Å². The number of halogens is 7. The Balaban J connectivity index is 2.48. The smallest absolute Gasteiger partial charge is 0.257 e. The van der Waals surface area contributed by atoms with E-state index in [2.05, 4.69) is 31.0 Å². The fraction of sp³-hybridized carbons (Fsp3) is 0.222. The lowest BCUT2D eigenvalue weighted by atomic mass is 10.1. The highest BCUT2D eigenvalue weighted by atomic mass is 79.9. The Morgan fingerprint density at radius 3 is 2.30 bits per heavy atom. The van der Waals surface area contributed by atoms with Gasteiger partial charge in [-0.15, -0.1) is 5.10 Å². The van der Waals surface area contributed by atoms with Crippen molar-refractivity contribution >= 4 is 27.5 Å². The predicted octanol–water partition coefficient (Wildman–Crippen LogP) is 3.77. The Kier molecular flexibility index (Phi) is 3.71. The number of nitrogens with one attached hydrogen (secondary N) is 1. The molecule has 0 saturated carbocycles. The van der Waals surface area contributed by atoms with Crippen molar-refractivity contribution in [3.8, 4) is 0 Å². The van der Waals surface area contributed by atoms with Gasteiger partial charge in [0.1, 0.15) is 5.69 Å². The Morgan fingerprint density at radius 1 is 1.20 bits per heavy atom. The van der Waals surface area contributed by atoms with Crippen molar-refractivity contribution < 1.29 is 22.0 Å². The van der Waals surface area contributed by atoms with Crippen LogP contribution in [0.5, 0.6) is 0 Å². The van der Waals surface area contributed by atoms with Crippen molar-refractivity contribution in [3.05, 3.63) is 39.1 Å². The van der Waals surface area contributed by atoms with Gasteiger partial charge in [-0.1, -0.05) is 11.6 Å². The number of pyridine rings is 1. The zero-order valence-electron chi connectivity index (χ0n) is 9.14. The third kappa shape index (κ3) is 2.75.